The number of rotatable bonds is 7. The lowest BCUT2D eigenvalue weighted by Gasteiger charge is -2.43. The zero-order valence-corrected chi connectivity index (χ0v) is 21.6. The predicted molar refractivity (Wildman–Crippen MR) is 133 cm³/mol. The Morgan fingerprint density at radius 3 is 2.53 bits per heavy atom. The lowest BCUT2D eigenvalue weighted by Crippen LogP contribution is -2.46. The van der Waals surface area contributed by atoms with Crippen molar-refractivity contribution >= 4 is 17.5 Å². The van der Waals surface area contributed by atoms with E-state index < -0.39 is 17.7 Å². The molecule has 5 nitrogen and oxygen atoms in total. The van der Waals surface area contributed by atoms with Crippen molar-refractivity contribution in [1.82, 2.24) is 0 Å². The molecule has 0 radical (unpaired) electrons. The van der Waals surface area contributed by atoms with Crippen molar-refractivity contribution < 1.29 is 24.2 Å². The van der Waals surface area contributed by atoms with E-state index in [1.165, 1.54) is 11.6 Å². The number of allylic oxidation sites excluding steroid dienone is 4. The van der Waals surface area contributed by atoms with Crippen LogP contribution in [0, 0.1) is 29.1 Å². The Balaban J connectivity index is 1.77. The van der Waals surface area contributed by atoms with Gasteiger partial charge in [0.2, 0.25) is 0 Å². The van der Waals surface area contributed by atoms with E-state index in [0.717, 1.165) is 25.7 Å². The Labute approximate surface area is 204 Å². The summed E-state index contributed by atoms with van der Waals surface area (Å²) in [6.45, 7) is 14.5. The normalized spacial score (nSPS) is 37.0. The van der Waals surface area contributed by atoms with E-state index in [9.17, 15) is 19.5 Å². The van der Waals surface area contributed by atoms with Crippen molar-refractivity contribution in [2.45, 2.75) is 97.7 Å². The molecular weight excluding hydrogens is 428 g/mol. The van der Waals surface area contributed by atoms with E-state index in [-0.39, 0.29) is 29.3 Å². The van der Waals surface area contributed by atoms with Gasteiger partial charge in [0.15, 0.2) is 17.2 Å². The molecule has 3 saturated carbocycles. The van der Waals surface area contributed by atoms with Gasteiger partial charge in [0.05, 0.1) is 6.10 Å². The van der Waals surface area contributed by atoms with Crippen molar-refractivity contribution in [3.05, 3.63) is 36.0 Å². The summed E-state index contributed by atoms with van der Waals surface area (Å²) in [7, 11) is 0. The third-order valence-electron chi connectivity index (χ3n) is 8.92. The van der Waals surface area contributed by atoms with Gasteiger partial charge >= 0.3 is 5.97 Å². The molecule has 188 valence electrons. The predicted octanol–water partition coefficient (Wildman–Crippen LogP) is 5.52. The van der Waals surface area contributed by atoms with E-state index in [1.54, 1.807) is 6.92 Å². The summed E-state index contributed by atoms with van der Waals surface area (Å²) in [6.07, 6.45) is 10.2. The third kappa shape index (κ3) is 5.30. The highest BCUT2D eigenvalue weighted by Crippen LogP contribution is 2.58. The zero-order valence-electron chi connectivity index (χ0n) is 21.6. The maximum absolute atomic E-state index is 12.9. The molecule has 1 N–H and O–H groups in total. The second-order valence-electron chi connectivity index (χ2n) is 11.3. The molecule has 0 bridgehead atoms. The van der Waals surface area contributed by atoms with Crippen LogP contribution in [0.5, 0.6) is 0 Å². The van der Waals surface area contributed by atoms with Gasteiger partial charge in [-0.15, -0.1) is 0 Å². The fourth-order valence-electron chi connectivity index (χ4n) is 6.59. The molecule has 0 aromatic heterocycles. The number of ketones is 2. The molecule has 3 aliphatic rings. The lowest BCUT2D eigenvalue weighted by molar-refractivity contribution is -0.167. The van der Waals surface area contributed by atoms with Gasteiger partial charge in [-0.1, -0.05) is 45.1 Å². The molecule has 3 aliphatic carbocycles. The van der Waals surface area contributed by atoms with E-state index in [1.807, 2.05) is 0 Å². The van der Waals surface area contributed by atoms with Crippen molar-refractivity contribution in [3.8, 4) is 0 Å². The molecule has 7 atom stereocenters. The first-order valence-electron chi connectivity index (χ1n) is 12.9. The summed E-state index contributed by atoms with van der Waals surface area (Å²) in [6, 6.07) is 0. The fraction of sp³-hybridized carbons (Fsp3) is 0.690. The Hall–Kier alpha value is -2.01. The molecule has 0 aromatic carbocycles. The second kappa shape index (κ2) is 10.3. The van der Waals surface area contributed by atoms with E-state index in [0.29, 0.717) is 42.6 Å². The number of hydrogen-bond acceptors (Lipinski definition) is 5. The molecule has 0 saturated heterocycles. The summed E-state index contributed by atoms with van der Waals surface area (Å²) in [5, 5.41) is 9.73. The minimum Gasteiger partial charge on any atom is -0.448 e. The minimum atomic E-state index is -1.23. The van der Waals surface area contributed by atoms with Crippen LogP contribution in [-0.2, 0) is 19.1 Å². The monoisotopic (exact) mass is 470 g/mol. The van der Waals surface area contributed by atoms with E-state index in [2.05, 4.69) is 46.4 Å². The van der Waals surface area contributed by atoms with Crippen LogP contribution in [0.15, 0.2) is 36.0 Å². The summed E-state index contributed by atoms with van der Waals surface area (Å²) in [4.78, 5) is 38.2. The molecule has 3 fully saturated rings. The number of aliphatic hydroxyl groups is 1. The van der Waals surface area contributed by atoms with Crippen molar-refractivity contribution in [2.24, 2.45) is 29.1 Å². The van der Waals surface area contributed by atoms with E-state index in [4.69, 9.17) is 4.74 Å². The smallest absolute Gasteiger partial charge is 0.332 e. The maximum Gasteiger partial charge on any atom is 0.332 e. The SMILES string of the molecule is C=C(C)[C@H](C=C[C@@H](C)[C@H]1CC[C@H]2/C(=C\C(=O)OC3(C)CCC(O)CC3=O)C(=O)CC[C@]12C)CC. The molecule has 5 heteroatoms. The largest absolute Gasteiger partial charge is 0.448 e. The summed E-state index contributed by atoms with van der Waals surface area (Å²) in [5.41, 5.74) is 0.458. The van der Waals surface area contributed by atoms with Gasteiger partial charge in [0, 0.05) is 24.5 Å². The van der Waals surface area contributed by atoms with Crippen LogP contribution in [0.3, 0.4) is 0 Å². The van der Waals surface area contributed by atoms with Gasteiger partial charge < -0.3 is 9.84 Å². The number of Topliss-reactive ketones (excluding diaryl/α,β-unsaturated/α-hetero) is 2. The summed E-state index contributed by atoms with van der Waals surface area (Å²) in [5.74, 6) is 0.352. The molecule has 0 amide bonds. The average molecular weight is 471 g/mol. The molecule has 0 spiro atoms. The summed E-state index contributed by atoms with van der Waals surface area (Å²) < 4.78 is 5.60. The van der Waals surface area contributed by atoms with Crippen molar-refractivity contribution in [3.63, 3.8) is 0 Å². The third-order valence-corrected chi connectivity index (χ3v) is 8.92. The average Bonchev–Trinajstić information content (AvgIpc) is 3.11. The van der Waals surface area contributed by atoms with Crippen molar-refractivity contribution in [1.29, 1.82) is 0 Å². The zero-order chi connectivity index (χ0) is 25.3. The second-order valence-corrected chi connectivity index (χ2v) is 11.3. The molecule has 0 aromatic rings. The molecule has 0 heterocycles. The Bertz CT molecular complexity index is 898. The van der Waals surface area contributed by atoms with Crippen LogP contribution in [-0.4, -0.2) is 34.3 Å². The number of carbonyl (C=O) groups excluding carboxylic acids is 3. The minimum absolute atomic E-state index is 0.00265. The van der Waals surface area contributed by atoms with Crippen LogP contribution < -0.4 is 0 Å². The standard InChI is InChI=1S/C29H42O5/c1-7-20(18(2)3)9-8-19(4)23-10-11-24-22(25(31)13-14-28(23,24)5)17-27(33)34-29(6)15-12-21(30)16-26(29)32/h8-9,17,19-21,23-24,30H,2,7,10-16H2,1,3-6H3/b9-8?,22-17+/t19-,20+,21?,23-,24+,28-,29?/m1/s1. The van der Waals surface area contributed by atoms with Gasteiger partial charge in [0.1, 0.15) is 0 Å². The summed E-state index contributed by atoms with van der Waals surface area (Å²) >= 11 is 0. The van der Waals surface area contributed by atoms with Crippen LogP contribution in [0.1, 0.15) is 86.0 Å². The number of carbonyl (C=O) groups is 3. The molecular formula is C29H42O5. The van der Waals surface area contributed by atoms with Gasteiger partial charge in [-0.05, 0) is 81.5 Å². The highest BCUT2D eigenvalue weighted by molar-refractivity contribution is 6.02. The van der Waals surface area contributed by atoms with Gasteiger partial charge in [-0.3, -0.25) is 9.59 Å². The quantitative estimate of drug-likeness (QED) is 0.301. The first-order valence-corrected chi connectivity index (χ1v) is 12.9. The highest BCUT2D eigenvalue weighted by Gasteiger charge is 2.53. The fourth-order valence-corrected chi connectivity index (χ4v) is 6.59. The first kappa shape index (κ1) is 26.6. The lowest BCUT2D eigenvalue weighted by atomic mass is 9.61. The number of esters is 1. The van der Waals surface area contributed by atoms with Crippen LogP contribution in [0.4, 0.5) is 0 Å². The molecule has 34 heavy (non-hydrogen) atoms. The number of aliphatic hydroxyl groups excluding tert-OH is 1. The topological polar surface area (TPSA) is 80.7 Å². The number of ether oxygens (including phenoxy) is 1. The van der Waals surface area contributed by atoms with Gasteiger partial charge in [0.25, 0.3) is 0 Å². The van der Waals surface area contributed by atoms with Gasteiger partial charge in [-0.25, -0.2) is 4.79 Å². The Morgan fingerprint density at radius 2 is 1.91 bits per heavy atom. The van der Waals surface area contributed by atoms with Gasteiger partial charge in [-0.2, -0.15) is 0 Å². The van der Waals surface area contributed by atoms with Crippen molar-refractivity contribution in [2.75, 3.05) is 0 Å². The first-order chi connectivity index (χ1) is 15.9. The highest BCUT2D eigenvalue weighted by atomic mass is 16.6. The Morgan fingerprint density at radius 1 is 1.21 bits per heavy atom. The van der Waals surface area contributed by atoms with Crippen LogP contribution >= 0.6 is 0 Å². The number of hydrogen-bond donors (Lipinski definition) is 1. The van der Waals surface area contributed by atoms with E-state index >= 15 is 0 Å². The van der Waals surface area contributed by atoms with Crippen LogP contribution in [0.25, 0.3) is 0 Å². The number of fused-ring (bicyclic) bond motifs is 1. The Kier molecular flexibility index (Phi) is 8.07. The maximum atomic E-state index is 12.9. The molecule has 2 unspecified atom stereocenters. The van der Waals surface area contributed by atoms with Crippen LogP contribution in [0.2, 0.25) is 0 Å². The molecule has 0 aliphatic heterocycles. The molecule has 3 rings (SSSR count).